The highest BCUT2D eigenvalue weighted by atomic mass is 19.4. The van der Waals surface area contributed by atoms with E-state index in [1.807, 2.05) is 16.7 Å². The van der Waals surface area contributed by atoms with E-state index in [-0.39, 0.29) is 25.8 Å². The van der Waals surface area contributed by atoms with Gasteiger partial charge in [-0.1, -0.05) is 12.1 Å². The number of amides is 1. The molecule has 174 valence electrons. The zero-order valence-corrected chi connectivity index (χ0v) is 18.0. The first-order chi connectivity index (χ1) is 15.8. The minimum Gasteiger partial charge on any atom is -0.454 e. The Labute approximate surface area is 189 Å². The third kappa shape index (κ3) is 5.31. The van der Waals surface area contributed by atoms with E-state index in [0.29, 0.717) is 35.8 Å². The molecule has 0 unspecified atom stereocenters. The van der Waals surface area contributed by atoms with E-state index in [2.05, 4.69) is 0 Å². The van der Waals surface area contributed by atoms with Crippen molar-refractivity contribution in [3.63, 3.8) is 0 Å². The van der Waals surface area contributed by atoms with Crippen LogP contribution in [0.5, 0.6) is 11.5 Å². The summed E-state index contributed by atoms with van der Waals surface area (Å²) in [7, 11) is 1.56. The SMILES string of the molecule is COCCN(Cc1cccn1Cc1cccc(C(F)(F)F)c1)C(=O)c1ccc2c(c1)OCO2. The van der Waals surface area contributed by atoms with Crippen LogP contribution in [-0.4, -0.2) is 42.4 Å². The topological polar surface area (TPSA) is 52.9 Å². The Bertz CT molecular complexity index is 1130. The normalized spacial score (nSPS) is 12.7. The summed E-state index contributed by atoms with van der Waals surface area (Å²) in [4.78, 5) is 14.9. The second kappa shape index (κ2) is 9.58. The number of methoxy groups -OCH3 is 1. The van der Waals surface area contributed by atoms with Gasteiger partial charge < -0.3 is 23.7 Å². The number of alkyl halides is 3. The Morgan fingerprint density at radius 2 is 1.91 bits per heavy atom. The smallest absolute Gasteiger partial charge is 0.416 e. The summed E-state index contributed by atoms with van der Waals surface area (Å²) in [5, 5.41) is 0. The van der Waals surface area contributed by atoms with Gasteiger partial charge in [0.2, 0.25) is 6.79 Å². The molecule has 0 atom stereocenters. The average Bonchev–Trinajstić information content (AvgIpc) is 3.44. The zero-order chi connectivity index (χ0) is 23.4. The van der Waals surface area contributed by atoms with Crippen LogP contribution >= 0.6 is 0 Å². The quantitative estimate of drug-likeness (QED) is 0.494. The number of aromatic nitrogens is 1. The van der Waals surface area contributed by atoms with Crippen molar-refractivity contribution in [1.82, 2.24) is 9.47 Å². The van der Waals surface area contributed by atoms with Crippen molar-refractivity contribution >= 4 is 5.91 Å². The summed E-state index contributed by atoms with van der Waals surface area (Å²) in [6, 6.07) is 13.9. The van der Waals surface area contributed by atoms with E-state index >= 15 is 0 Å². The highest BCUT2D eigenvalue weighted by Gasteiger charge is 2.30. The molecule has 0 saturated carbocycles. The first kappa shape index (κ1) is 22.7. The lowest BCUT2D eigenvalue weighted by atomic mass is 10.1. The molecular formula is C24H23F3N2O4. The molecule has 0 radical (unpaired) electrons. The molecule has 2 heterocycles. The first-order valence-corrected chi connectivity index (χ1v) is 10.3. The minimum absolute atomic E-state index is 0.115. The van der Waals surface area contributed by atoms with Gasteiger partial charge in [-0.05, 0) is 48.0 Å². The Balaban J connectivity index is 1.54. The molecule has 0 spiro atoms. The molecule has 1 aliphatic rings. The number of carbonyl (C=O) groups excluding carboxylic acids is 1. The van der Waals surface area contributed by atoms with Crippen molar-refractivity contribution in [2.75, 3.05) is 27.1 Å². The van der Waals surface area contributed by atoms with Crippen LogP contribution < -0.4 is 9.47 Å². The van der Waals surface area contributed by atoms with E-state index in [9.17, 15) is 18.0 Å². The predicted molar refractivity (Wildman–Crippen MR) is 114 cm³/mol. The average molecular weight is 460 g/mol. The lowest BCUT2D eigenvalue weighted by molar-refractivity contribution is -0.137. The highest BCUT2D eigenvalue weighted by molar-refractivity contribution is 5.95. The number of halogens is 3. The molecule has 0 bridgehead atoms. The number of hydrogen-bond acceptors (Lipinski definition) is 4. The number of benzene rings is 2. The van der Waals surface area contributed by atoms with E-state index in [1.165, 1.54) is 6.07 Å². The summed E-state index contributed by atoms with van der Waals surface area (Å²) in [5.41, 5.74) is 1.07. The van der Waals surface area contributed by atoms with E-state index < -0.39 is 11.7 Å². The largest absolute Gasteiger partial charge is 0.454 e. The molecule has 2 aromatic carbocycles. The van der Waals surface area contributed by atoms with Gasteiger partial charge in [-0.15, -0.1) is 0 Å². The van der Waals surface area contributed by atoms with Crippen molar-refractivity contribution in [2.45, 2.75) is 19.3 Å². The van der Waals surface area contributed by atoms with Crippen LogP contribution in [0.2, 0.25) is 0 Å². The molecule has 4 rings (SSSR count). The maximum absolute atomic E-state index is 13.2. The third-order valence-corrected chi connectivity index (χ3v) is 5.36. The molecule has 9 heteroatoms. The fourth-order valence-corrected chi connectivity index (χ4v) is 3.65. The molecule has 0 fully saturated rings. The van der Waals surface area contributed by atoms with Crippen LogP contribution in [0.4, 0.5) is 13.2 Å². The van der Waals surface area contributed by atoms with Crippen LogP contribution in [0.25, 0.3) is 0 Å². The first-order valence-electron chi connectivity index (χ1n) is 10.3. The van der Waals surface area contributed by atoms with Gasteiger partial charge >= 0.3 is 6.18 Å². The molecule has 0 saturated heterocycles. The van der Waals surface area contributed by atoms with Crippen molar-refractivity contribution in [1.29, 1.82) is 0 Å². The lowest BCUT2D eigenvalue weighted by Crippen LogP contribution is -2.34. The Morgan fingerprint density at radius 3 is 2.70 bits per heavy atom. The molecule has 33 heavy (non-hydrogen) atoms. The number of rotatable bonds is 8. The van der Waals surface area contributed by atoms with Gasteiger partial charge in [0.05, 0.1) is 18.7 Å². The van der Waals surface area contributed by atoms with Gasteiger partial charge in [-0.2, -0.15) is 13.2 Å². The van der Waals surface area contributed by atoms with Crippen LogP contribution in [-0.2, 0) is 24.0 Å². The van der Waals surface area contributed by atoms with Crippen LogP contribution in [0, 0.1) is 0 Å². The van der Waals surface area contributed by atoms with E-state index in [0.717, 1.165) is 17.8 Å². The van der Waals surface area contributed by atoms with Gasteiger partial charge in [-0.25, -0.2) is 0 Å². The molecular weight excluding hydrogens is 437 g/mol. The number of hydrogen-bond donors (Lipinski definition) is 0. The summed E-state index contributed by atoms with van der Waals surface area (Å²) in [5.74, 6) is 0.891. The summed E-state index contributed by atoms with van der Waals surface area (Å²) in [6.45, 7) is 1.32. The molecule has 6 nitrogen and oxygen atoms in total. The fourth-order valence-electron chi connectivity index (χ4n) is 3.65. The number of nitrogens with zero attached hydrogens (tertiary/aromatic N) is 2. The Hall–Kier alpha value is -3.46. The van der Waals surface area contributed by atoms with E-state index in [1.54, 1.807) is 42.5 Å². The zero-order valence-electron chi connectivity index (χ0n) is 18.0. The van der Waals surface area contributed by atoms with Crippen LogP contribution in [0.3, 0.4) is 0 Å². The number of ether oxygens (including phenoxy) is 3. The highest BCUT2D eigenvalue weighted by Crippen LogP contribution is 2.33. The monoisotopic (exact) mass is 460 g/mol. The minimum atomic E-state index is -4.40. The van der Waals surface area contributed by atoms with Gasteiger partial charge in [0, 0.05) is 37.7 Å². The molecule has 1 aliphatic heterocycles. The van der Waals surface area contributed by atoms with Gasteiger partial charge in [0.15, 0.2) is 11.5 Å². The second-order valence-corrected chi connectivity index (χ2v) is 7.61. The fraction of sp³-hybridized carbons (Fsp3) is 0.292. The molecule has 0 N–H and O–H groups in total. The van der Waals surface area contributed by atoms with Crippen molar-refractivity contribution < 1.29 is 32.2 Å². The summed E-state index contributed by atoms with van der Waals surface area (Å²) < 4.78 is 56.9. The maximum Gasteiger partial charge on any atom is 0.416 e. The van der Waals surface area contributed by atoms with Crippen molar-refractivity contribution in [3.8, 4) is 11.5 Å². The standard InChI is InChI=1S/C24H23F3N2O4/c1-31-11-10-29(23(30)18-7-8-21-22(13-18)33-16-32-21)15-20-6-3-9-28(20)14-17-4-2-5-19(12-17)24(25,26)27/h2-9,12-13H,10-11,14-16H2,1H3. The lowest BCUT2D eigenvalue weighted by Gasteiger charge is -2.24. The van der Waals surface area contributed by atoms with Gasteiger partial charge in [-0.3, -0.25) is 4.79 Å². The molecule has 0 aliphatic carbocycles. The van der Waals surface area contributed by atoms with E-state index in [4.69, 9.17) is 14.2 Å². The Morgan fingerprint density at radius 1 is 1.09 bits per heavy atom. The van der Waals surface area contributed by atoms with Gasteiger partial charge in [0.1, 0.15) is 0 Å². The number of carbonyl (C=O) groups is 1. The third-order valence-electron chi connectivity index (χ3n) is 5.36. The predicted octanol–water partition coefficient (Wildman–Crippen LogP) is 4.57. The molecule has 1 amide bonds. The molecule has 1 aromatic heterocycles. The second-order valence-electron chi connectivity index (χ2n) is 7.61. The van der Waals surface area contributed by atoms with Crippen LogP contribution in [0.1, 0.15) is 27.2 Å². The van der Waals surface area contributed by atoms with Crippen molar-refractivity contribution in [3.05, 3.63) is 83.2 Å². The van der Waals surface area contributed by atoms with Gasteiger partial charge in [0.25, 0.3) is 5.91 Å². The maximum atomic E-state index is 13.2. The molecule has 3 aromatic rings. The summed E-state index contributed by atoms with van der Waals surface area (Å²) in [6.07, 6.45) is -2.61. The van der Waals surface area contributed by atoms with Crippen molar-refractivity contribution in [2.24, 2.45) is 0 Å². The van der Waals surface area contributed by atoms with Crippen LogP contribution in [0.15, 0.2) is 60.8 Å². The summed E-state index contributed by atoms with van der Waals surface area (Å²) >= 11 is 0. The number of fused-ring (bicyclic) bond motifs is 1. The Kier molecular flexibility index (Phi) is 6.60.